The average molecular weight is 269 g/mol. The minimum absolute atomic E-state index is 0.127. The zero-order chi connectivity index (χ0) is 14.2. The van der Waals surface area contributed by atoms with Gasteiger partial charge in [-0.3, -0.25) is 0 Å². The minimum Gasteiger partial charge on any atom is -0.494 e. The van der Waals surface area contributed by atoms with Crippen LogP contribution in [-0.4, -0.2) is 6.61 Å². The average Bonchev–Trinajstić information content (AvgIpc) is 2.52. The molecule has 0 aromatic heterocycles. The van der Waals surface area contributed by atoms with Crippen molar-refractivity contribution in [3.8, 4) is 5.75 Å². The van der Waals surface area contributed by atoms with E-state index in [-0.39, 0.29) is 6.04 Å². The molecule has 20 heavy (non-hydrogen) atoms. The molecule has 0 aliphatic heterocycles. The number of rotatable bonds is 7. The lowest BCUT2D eigenvalue weighted by Gasteiger charge is -2.11. The maximum atomic E-state index is 5.99. The van der Waals surface area contributed by atoms with Crippen molar-refractivity contribution in [2.75, 3.05) is 6.61 Å². The minimum atomic E-state index is 0.127. The predicted molar refractivity (Wildman–Crippen MR) is 83.9 cm³/mol. The van der Waals surface area contributed by atoms with E-state index in [1.165, 1.54) is 11.1 Å². The van der Waals surface area contributed by atoms with Crippen LogP contribution in [0.15, 0.2) is 54.6 Å². The summed E-state index contributed by atoms with van der Waals surface area (Å²) in [5.41, 5.74) is 8.52. The Morgan fingerprint density at radius 3 is 2.35 bits per heavy atom. The van der Waals surface area contributed by atoms with E-state index < -0.39 is 0 Å². The van der Waals surface area contributed by atoms with Crippen molar-refractivity contribution in [2.24, 2.45) is 5.73 Å². The van der Waals surface area contributed by atoms with Crippen LogP contribution in [0.5, 0.6) is 5.75 Å². The summed E-state index contributed by atoms with van der Waals surface area (Å²) in [6, 6.07) is 18.8. The van der Waals surface area contributed by atoms with Crippen molar-refractivity contribution in [3.63, 3.8) is 0 Å². The van der Waals surface area contributed by atoms with Gasteiger partial charge >= 0.3 is 0 Å². The quantitative estimate of drug-likeness (QED) is 0.768. The highest BCUT2D eigenvalue weighted by Gasteiger charge is 2.02. The van der Waals surface area contributed by atoms with Gasteiger partial charge in [-0.25, -0.2) is 0 Å². The molecule has 2 N–H and O–H groups in total. The molecule has 0 amide bonds. The second-order valence-electron chi connectivity index (χ2n) is 5.02. The molecule has 0 spiro atoms. The van der Waals surface area contributed by atoms with Crippen molar-refractivity contribution >= 4 is 0 Å². The van der Waals surface area contributed by atoms with Gasteiger partial charge < -0.3 is 10.5 Å². The van der Waals surface area contributed by atoms with Crippen LogP contribution in [-0.2, 0) is 6.42 Å². The van der Waals surface area contributed by atoms with Crippen LogP contribution in [0, 0.1) is 0 Å². The molecule has 0 aliphatic carbocycles. The van der Waals surface area contributed by atoms with Crippen molar-refractivity contribution < 1.29 is 4.74 Å². The van der Waals surface area contributed by atoms with E-state index in [2.05, 4.69) is 43.3 Å². The fourth-order valence-corrected chi connectivity index (χ4v) is 2.16. The van der Waals surface area contributed by atoms with Gasteiger partial charge in [0.15, 0.2) is 0 Å². The SMILES string of the molecule is CCC(N)c1ccc(OCCCc2ccccc2)cc1. The van der Waals surface area contributed by atoms with Crippen LogP contribution in [0.4, 0.5) is 0 Å². The Morgan fingerprint density at radius 1 is 1.00 bits per heavy atom. The summed E-state index contributed by atoms with van der Waals surface area (Å²) < 4.78 is 5.76. The first-order valence-electron chi connectivity index (χ1n) is 7.32. The fraction of sp³-hybridized carbons (Fsp3) is 0.333. The lowest BCUT2D eigenvalue weighted by molar-refractivity contribution is 0.311. The van der Waals surface area contributed by atoms with Crippen molar-refractivity contribution in [1.29, 1.82) is 0 Å². The fourth-order valence-electron chi connectivity index (χ4n) is 2.16. The molecule has 2 nitrogen and oxygen atoms in total. The van der Waals surface area contributed by atoms with Gasteiger partial charge in [0.05, 0.1) is 6.61 Å². The molecule has 0 fully saturated rings. The molecule has 0 aliphatic rings. The van der Waals surface area contributed by atoms with Crippen LogP contribution < -0.4 is 10.5 Å². The molecule has 1 unspecified atom stereocenters. The molecular weight excluding hydrogens is 246 g/mol. The summed E-state index contributed by atoms with van der Waals surface area (Å²) >= 11 is 0. The van der Waals surface area contributed by atoms with Gasteiger partial charge in [-0.15, -0.1) is 0 Å². The molecule has 106 valence electrons. The molecular formula is C18H23NO. The van der Waals surface area contributed by atoms with Crippen molar-refractivity contribution in [3.05, 3.63) is 65.7 Å². The van der Waals surface area contributed by atoms with E-state index in [0.717, 1.165) is 31.6 Å². The van der Waals surface area contributed by atoms with Gasteiger partial charge in [0, 0.05) is 6.04 Å². The maximum absolute atomic E-state index is 5.99. The van der Waals surface area contributed by atoms with E-state index in [1.54, 1.807) is 0 Å². The number of aryl methyl sites for hydroxylation is 1. The number of nitrogens with two attached hydrogens (primary N) is 1. The highest BCUT2D eigenvalue weighted by atomic mass is 16.5. The van der Waals surface area contributed by atoms with Crippen LogP contribution >= 0.6 is 0 Å². The third kappa shape index (κ3) is 4.39. The lowest BCUT2D eigenvalue weighted by atomic mass is 10.1. The van der Waals surface area contributed by atoms with Gasteiger partial charge in [0.25, 0.3) is 0 Å². The lowest BCUT2D eigenvalue weighted by Crippen LogP contribution is -2.08. The van der Waals surface area contributed by atoms with Gasteiger partial charge in [0.1, 0.15) is 5.75 Å². The summed E-state index contributed by atoms with van der Waals surface area (Å²) in [6.45, 7) is 2.84. The zero-order valence-electron chi connectivity index (χ0n) is 12.1. The second kappa shape index (κ2) is 7.71. The third-order valence-electron chi connectivity index (χ3n) is 3.47. The topological polar surface area (TPSA) is 35.2 Å². The van der Waals surface area contributed by atoms with E-state index in [1.807, 2.05) is 18.2 Å². The number of benzene rings is 2. The second-order valence-corrected chi connectivity index (χ2v) is 5.02. The highest BCUT2D eigenvalue weighted by Crippen LogP contribution is 2.18. The van der Waals surface area contributed by atoms with E-state index >= 15 is 0 Å². The van der Waals surface area contributed by atoms with Crippen LogP contribution in [0.1, 0.15) is 36.9 Å². The van der Waals surface area contributed by atoms with Crippen LogP contribution in [0.2, 0.25) is 0 Å². The molecule has 2 aromatic rings. The summed E-state index contributed by atoms with van der Waals surface area (Å²) in [4.78, 5) is 0. The Balaban J connectivity index is 1.74. The smallest absolute Gasteiger partial charge is 0.119 e. The monoisotopic (exact) mass is 269 g/mol. The summed E-state index contributed by atoms with van der Waals surface area (Å²) in [5, 5.41) is 0. The number of hydrogen-bond acceptors (Lipinski definition) is 2. The van der Waals surface area contributed by atoms with Gasteiger partial charge in [0.2, 0.25) is 0 Å². The van der Waals surface area contributed by atoms with Crippen LogP contribution in [0.25, 0.3) is 0 Å². The summed E-state index contributed by atoms with van der Waals surface area (Å²) in [5.74, 6) is 0.921. The Morgan fingerprint density at radius 2 is 1.70 bits per heavy atom. The molecule has 0 saturated heterocycles. The Kier molecular flexibility index (Phi) is 5.63. The van der Waals surface area contributed by atoms with Crippen molar-refractivity contribution in [2.45, 2.75) is 32.2 Å². The third-order valence-corrected chi connectivity index (χ3v) is 3.47. The molecule has 2 rings (SSSR count). The van der Waals surface area contributed by atoms with Crippen molar-refractivity contribution in [1.82, 2.24) is 0 Å². The highest BCUT2D eigenvalue weighted by molar-refractivity contribution is 5.29. The number of ether oxygens (including phenoxy) is 1. The van der Waals surface area contributed by atoms with E-state index in [0.29, 0.717) is 0 Å². The first kappa shape index (κ1) is 14.6. The summed E-state index contributed by atoms with van der Waals surface area (Å²) in [6.07, 6.45) is 3.04. The summed E-state index contributed by atoms with van der Waals surface area (Å²) in [7, 11) is 0. The molecule has 0 heterocycles. The van der Waals surface area contributed by atoms with Crippen LogP contribution in [0.3, 0.4) is 0 Å². The first-order chi connectivity index (χ1) is 9.79. The first-order valence-corrected chi connectivity index (χ1v) is 7.32. The zero-order valence-corrected chi connectivity index (χ0v) is 12.1. The Labute approximate surface area is 121 Å². The molecule has 0 bridgehead atoms. The Hall–Kier alpha value is -1.80. The van der Waals surface area contributed by atoms with E-state index in [9.17, 15) is 0 Å². The maximum Gasteiger partial charge on any atom is 0.119 e. The Bertz CT molecular complexity index is 493. The molecule has 0 radical (unpaired) electrons. The molecule has 2 aromatic carbocycles. The number of hydrogen-bond donors (Lipinski definition) is 1. The predicted octanol–water partition coefficient (Wildman–Crippen LogP) is 4.11. The van der Waals surface area contributed by atoms with Gasteiger partial charge in [-0.2, -0.15) is 0 Å². The standard InChI is InChI=1S/C18H23NO/c1-2-18(19)16-10-12-17(13-11-16)20-14-6-9-15-7-4-3-5-8-15/h3-5,7-8,10-13,18H,2,6,9,14,19H2,1H3. The molecule has 0 saturated carbocycles. The van der Waals surface area contributed by atoms with Gasteiger partial charge in [-0.1, -0.05) is 49.4 Å². The molecule has 2 heteroatoms. The molecule has 1 atom stereocenters. The van der Waals surface area contributed by atoms with E-state index in [4.69, 9.17) is 10.5 Å². The van der Waals surface area contributed by atoms with Gasteiger partial charge in [-0.05, 0) is 42.5 Å². The normalized spacial score (nSPS) is 12.1. The largest absolute Gasteiger partial charge is 0.494 e.